The van der Waals surface area contributed by atoms with E-state index >= 15 is 0 Å². The third-order valence-electron chi connectivity index (χ3n) is 3.78. The van der Waals surface area contributed by atoms with Crippen molar-refractivity contribution in [1.82, 2.24) is 4.98 Å². The van der Waals surface area contributed by atoms with Crippen LogP contribution in [0.5, 0.6) is 5.75 Å². The quantitative estimate of drug-likeness (QED) is 0.539. The summed E-state index contributed by atoms with van der Waals surface area (Å²) in [4.78, 5) is 21.3. The zero-order chi connectivity index (χ0) is 16.4. The summed E-state index contributed by atoms with van der Waals surface area (Å²) in [6.07, 6.45) is 3.82. The lowest BCUT2D eigenvalue weighted by Crippen LogP contribution is -2.41. The number of benzene rings is 1. The minimum absolute atomic E-state index is 0.225. The van der Waals surface area contributed by atoms with E-state index in [2.05, 4.69) is 26.0 Å². The minimum atomic E-state index is -4.57. The number of nitrogens with zero attached hydrogens (tertiary/aromatic N) is 1. The molecule has 2 aromatic rings. The Hall–Kier alpha value is -1.33. The van der Waals surface area contributed by atoms with E-state index < -0.39 is 7.82 Å². The average Bonchev–Trinajstić information content (AvgIpc) is 2.79. The smallest absolute Gasteiger partial charge is 0.404 e. The van der Waals surface area contributed by atoms with E-state index in [1.54, 1.807) is 12.1 Å². The fourth-order valence-electron chi connectivity index (χ4n) is 2.76. The molecule has 0 spiro atoms. The number of likely N-dealkylation sites (N-methyl/N-ethyl adjacent to an activating group) is 1. The summed E-state index contributed by atoms with van der Waals surface area (Å²) in [5, 5.41) is 0.752. The van der Waals surface area contributed by atoms with Crippen LogP contribution in [0.4, 0.5) is 0 Å². The predicted octanol–water partition coefficient (Wildman–Crippen LogP) is 2.67. The summed E-state index contributed by atoms with van der Waals surface area (Å²) >= 11 is 0. The summed E-state index contributed by atoms with van der Waals surface area (Å²) in [6, 6.07) is 5.17. The van der Waals surface area contributed by atoms with Gasteiger partial charge in [-0.25, -0.2) is 4.57 Å². The van der Waals surface area contributed by atoms with E-state index in [1.165, 1.54) is 0 Å². The summed E-state index contributed by atoms with van der Waals surface area (Å²) in [5.74, 6) is 0.225. The number of aromatic nitrogens is 1. The first-order valence-electron chi connectivity index (χ1n) is 7.38. The van der Waals surface area contributed by atoms with Crippen LogP contribution in [-0.2, 0) is 11.0 Å². The van der Waals surface area contributed by atoms with Gasteiger partial charge in [-0.15, -0.1) is 0 Å². The fraction of sp³-hybridized carbons (Fsp3) is 0.467. The molecule has 0 atom stereocenters. The summed E-state index contributed by atoms with van der Waals surface area (Å²) in [5.41, 5.74) is 1.84. The Morgan fingerprint density at radius 1 is 1.27 bits per heavy atom. The molecule has 122 valence electrons. The van der Waals surface area contributed by atoms with Gasteiger partial charge in [-0.2, -0.15) is 0 Å². The lowest BCUT2D eigenvalue weighted by molar-refractivity contribution is -0.890. The number of hydrogen-bond donors (Lipinski definition) is 3. The molecule has 7 heteroatoms. The van der Waals surface area contributed by atoms with Crippen molar-refractivity contribution >= 4 is 18.7 Å². The van der Waals surface area contributed by atoms with Crippen molar-refractivity contribution in [1.29, 1.82) is 0 Å². The van der Waals surface area contributed by atoms with Crippen LogP contribution >= 0.6 is 7.82 Å². The van der Waals surface area contributed by atoms with Crippen LogP contribution in [0.1, 0.15) is 18.9 Å². The van der Waals surface area contributed by atoms with E-state index in [0.717, 1.165) is 46.9 Å². The van der Waals surface area contributed by atoms with Crippen LogP contribution in [0.15, 0.2) is 24.4 Å². The van der Waals surface area contributed by atoms with Crippen molar-refractivity contribution in [3.05, 3.63) is 30.0 Å². The van der Waals surface area contributed by atoms with Crippen molar-refractivity contribution in [2.24, 2.45) is 0 Å². The van der Waals surface area contributed by atoms with Gasteiger partial charge in [0.1, 0.15) is 5.75 Å². The molecule has 0 aliphatic rings. The number of hydrogen-bond acceptors (Lipinski definition) is 2. The van der Waals surface area contributed by atoms with Gasteiger partial charge in [-0.1, -0.05) is 13.0 Å². The minimum Gasteiger partial charge on any atom is -0.404 e. The Labute approximate surface area is 130 Å². The molecule has 0 saturated heterocycles. The molecule has 0 aliphatic carbocycles. The number of fused-ring (bicyclic) bond motifs is 1. The number of rotatable bonds is 7. The molecule has 0 unspecified atom stereocenters. The van der Waals surface area contributed by atoms with Crippen LogP contribution in [0.25, 0.3) is 10.9 Å². The van der Waals surface area contributed by atoms with Crippen LogP contribution in [0.2, 0.25) is 0 Å². The van der Waals surface area contributed by atoms with Gasteiger partial charge in [0.15, 0.2) is 0 Å². The third kappa shape index (κ3) is 4.34. The van der Waals surface area contributed by atoms with Crippen LogP contribution in [0.3, 0.4) is 0 Å². The lowest BCUT2D eigenvalue weighted by atomic mass is 10.1. The number of H-pyrrole nitrogens is 1. The van der Waals surface area contributed by atoms with Crippen molar-refractivity contribution in [3.8, 4) is 5.75 Å². The molecule has 1 aromatic heterocycles. The van der Waals surface area contributed by atoms with E-state index in [9.17, 15) is 4.57 Å². The Morgan fingerprint density at radius 2 is 2.00 bits per heavy atom. The first-order chi connectivity index (χ1) is 10.2. The Kier molecular flexibility index (Phi) is 4.97. The maximum absolute atomic E-state index is 11.1. The van der Waals surface area contributed by atoms with Crippen LogP contribution in [-0.4, -0.2) is 46.4 Å². The molecule has 3 N–H and O–H groups in total. The molecule has 0 saturated carbocycles. The molecule has 1 aromatic carbocycles. The first-order valence-corrected chi connectivity index (χ1v) is 8.91. The van der Waals surface area contributed by atoms with Gasteiger partial charge in [-0.05, 0) is 24.1 Å². The third-order valence-corrected chi connectivity index (χ3v) is 4.22. The Morgan fingerprint density at radius 3 is 2.64 bits per heavy atom. The topological polar surface area (TPSA) is 82.6 Å². The van der Waals surface area contributed by atoms with E-state index in [4.69, 9.17) is 14.3 Å². The average molecular weight is 327 g/mol. The highest BCUT2D eigenvalue weighted by molar-refractivity contribution is 7.46. The van der Waals surface area contributed by atoms with E-state index in [1.807, 2.05) is 12.3 Å². The molecule has 6 nitrogen and oxygen atoms in total. The number of phosphoric acid groups is 1. The predicted molar refractivity (Wildman–Crippen MR) is 86.8 cm³/mol. The number of phosphoric ester groups is 1. The molecule has 0 fully saturated rings. The van der Waals surface area contributed by atoms with Crippen LogP contribution < -0.4 is 4.52 Å². The molecule has 0 radical (unpaired) electrons. The van der Waals surface area contributed by atoms with Gasteiger partial charge >= 0.3 is 7.82 Å². The summed E-state index contributed by atoms with van der Waals surface area (Å²) in [6.45, 7) is 4.21. The zero-order valence-corrected chi connectivity index (χ0v) is 14.1. The second kappa shape index (κ2) is 6.42. The van der Waals surface area contributed by atoms with Crippen LogP contribution in [0, 0.1) is 0 Å². The fourth-order valence-corrected chi connectivity index (χ4v) is 3.17. The van der Waals surface area contributed by atoms with Gasteiger partial charge in [0.25, 0.3) is 0 Å². The number of quaternary nitrogens is 1. The summed E-state index contributed by atoms with van der Waals surface area (Å²) in [7, 11) is -0.196. The largest absolute Gasteiger partial charge is 0.524 e. The summed E-state index contributed by atoms with van der Waals surface area (Å²) < 4.78 is 16.9. The van der Waals surface area contributed by atoms with Gasteiger partial charge in [0.05, 0.1) is 27.2 Å². The highest BCUT2D eigenvalue weighted by Gasteiger charge is 2.21. The molecular formula is C15H24N2O4P+. The SMILES string of the molecule is CCC[N+](C)(C)CCc1c[nH]c2cccc(OP(=O)(O)O)c12. The van der Waals surface area contributed by atoms with Gasteiger partial charge < -0.3 is 14.0 Å². The first kappa shape index (κ1) is 17.0. The van der Waals surface area contributed by atoms with Crippen molar-refractivity contribution < 1.29 is 23.4 Å². The Balaban J connectivity index is 2.29. The molecule has 0 aliphatic heterocycles. The highest BCUT2D eigenvalue weighted by atomic mass is 31.2. The molecule has 2 rings (SSSR count). The Bertz CT molecular complexity index is 690. The number of nitrogens with one attached hydrogen (secondary N) is 1. The monoisotopic (exact) mass is 327 g/mol. The standard InChI is InChI=1S/C15H23N2O4P/c1-4-9-17(2,3)10-8-12-11-16-13-6-5-7-14(15(12)13)21-22(18,19)20/h5-7,11,16H,4,8-10H2,1-3H3,(H-,18,19,20)/p+1. The zero-order valence-electron chi connectivity index (χ0n) is 13.2. The van der Waals surface area contributed by atoms with Crippen molar-refractivity contribution in [2.75, 3.05) is 27.2 Å². The van der Waals surface area contributed by atoms with E-state index in [0.29, 0.717) is 0 Å². The molecule has 0 amide bonds. The molecule has 0 bridgehead atoms. The van der Waals surface area contributed by atoms with Gasteiger partial charge in [0, 0.05) is 23.5 Å². The molecular weight excluding hydrogens is 303 g/mol. The second-order valence-electron chi connectivity index (χ2n) is 6.21. The number of aromatic amines is 1. The molecule has 22 heavy (non-hydrogen) atoms. The lowest BCUT2D eigenvalue weighted by Gasteiger charge is -2.29. The van der Waals surface area contributed by atoms with Crippen molar-refractivity contribution in [3.63, 3.8) is 0 Å². The maximum atomic E-state index is 11.1. The second-order valence-corrected chi connectivity index (χ2v) is 7.37. The maximum Gasteiger partial charge on any atom is 0.524 e. The normalized spacial score (nSPS) is 12.8. The van der Waals surface area contributed by atoms with Gasteiger partial charge in [-0.3, -0.25) is 9.79 Å². The van der Waals surface area contributed by atoms with Crippen molar-refractivity contribution in [2.45, 2.75) is 19.8 Å². The van der Waals surface area contributed by atoms with Gasteiger partial charge in [0.2, 0.25) is 0 Å². The molecule has 1 heterocycles. The highest BCUT2D eigenvalue weighted by Crippen LogP contribution is 2.41. The van der Waals surface area contributed by atoms with E-state index in [-0.39, 0.29) is 5.75 Å².